The van der Waals surface area contributed by atoms with Gasteiger partial charge in [0.1, 0.15) is 11.2 Å². The fraction of sp³-hybridized carbons (Fsp3) is 0. The second-order valence-electron chi connectivity index (χ2n) is 19.6. The van der Waals surface area contributed by atoms with Crippen LogP contribution in [0.2, 0.25) is 0 Å². The van der Waals surface area contributed by atoms with Crippen molar-refractivity contribution in [2.75, 3.05) is 4.90 Å². The Kier molecular flexibility index (Phi) is 9.89. The van der Waals surface area contributed by atoms with Gasteiger partial charge in [-0.3, -0.25) is 0 Å². The Morgan fingerprint density at radius 1 is 0.280 bits per heavy atom. The SMILES string of the molecule is c1cc(-c2ccc(N(c3ccc(-c4cccc(-n5c6ccccc6c6ccccc65)c4)cc3)c3ccccc3-c3ccc4c(c3)oc3c5ccccc5ccc43)cc2)cc(-c2ccc3ccc4ccccc4c3c2)c1. The van der Waals surface area contributed by atoms with E-state index in [9.17, 15) is 0 Å². The van der Waals surface area contributed by atoms with Crippen LogP contribution in [0.4, 0.5) is 17.1 Å². The number of anilines is 3. The minimum absolute atomic E-state index is 0.872. The van der Waals surface area contributed by atoms with Crippen molar-refractivity contribution in [3.63, 3.8) is 0 Å². The molecule has 0 saturated heterocycles. The smallest absolute Gasteiger partial charge is 0.143 e. The molecule has 350 valence electrons. The normalized spacial score (nSPS) is 11.7. The summed E-state index contributed by atoms with van der Waals surface area (Å²) in [7, 11) is 0. The molecule has 0 fully saturated rings. The Morgan fingerprint density at radius 2 is 0.773 bits per heavy atom. The first-order valence-corrected chi connectivity index (χ1v) is 25.7. The summed E-state index contributed by atoms with van der Waals surface area (Å²) in [5.41, 5.74) is 17.7. The van der Waals surface area contributed by atoms with Gasteiger partial charge in [-0.1, -0.05) is 194 Å². The van der Waals surface area contributed by atoms with Crippen molar-refractivity contribution in [2.45, 2.75) is 0 Å². The van der Waals surface area contributed by atoms with Crippen LogP contribution in [0.1, 0.15) is 0 Å². The minimum atomic E-state index is 0.872. The topological polar surface area (TPSA) is 21.3 Å². The highest BCUT2D eigenvalue weighted by atomic mass is 16.3. The van der Waals surface area contributed by atoms with E-state index in [2.05, 4.69) is 289 Å². The Hall–Kier alpha value is -9.96. The van der Waals surface area contributed by atoms with E-state index in [1.54, 1.807) is 0 Å². The fourth-order valence-electron chi connectivity index (χ4n) is 11.7. The number of hydrogen-bond acceptors (Lipinski definition) is 2. The van der Waals surface area contributed by atoms with E-state index >= 15 is 0 Å². The molecule has 0 aliphatic heterocycles. The predicted molar refractivity (Wildman–Crippen MR) is 317 cm³/mol. The molecule has 0 aliphatic carbocycles. The summed E-state index contributed by atoms with van der Waals surface area (Å²) in [5.74, 6) is 0. The maximum atomic E-state index is 6.74. The molecule has 15 aromatic rings. The van der Waals surface area contributed by atoms with Crippen LogP contribution in [-0.4, -0.2) is 4.57 Å². The van der Waals surface area contributed by atoms with Gasteiger partial charge in [-0.15, -0.1) is 0 Å². The average Bonchev–Trinajstić information content (AvgIpc) is 4.06. The third-order valence-corrected chi connectivity index (χ3v) is 15.4. The highest BCUT2D eigenvalue weighted by Crippen LogP contribution is 2.44. The van der Waals surface area contributed by atoms with Crippen molar-refractivity contribution in [3.8, 4) is 50.2 Å². The van der Waals surface area contributed by atoms with Crippen molar-refractivity contribution < 1.29 is 4.42 Å². The summed E-state index contributed by atoms with van der Waals surface area (Å²) in [4.78, 5) is 2.39. The molecule has 13 aromatic carbocycles. The van der Waals surface area contributed by atoms with Crippen LogP contribution < -0.4 is 4.90 Å². The molecule has 2 aromatic heterocycles. The maximum absolute atomic E-state index is 6.74. The number of fused-ring (bicyclic) bond motifs is 11. The summed E-state index contributed by atoms with van der Waals surface area (Å²) in [6.45, 7) is 0. The first-order valence-electron chi connectivity index (χ1n) is 25.7. The van der Waals surface area contributed by atoms with Crippen LogP contribution in [0.5, 0.6) is 0 Å². The van der Waals surface area contributed by atoms with Crippen molar-refractivity contribution in [3.05, 3.63) is 279 Å². The number of rotatable bonds is 8. The molecular weight excluding hydrogens is 909 g/mol. The molecular formula is C72H46N2O. The zero-order valence-corrected chi connectivity index (χ0v) is 40.9. The van der Waals surface area contributed by atoms with Crippen LogP contribution in [0.25, 0.3) is 126 Å². The fourth-order valence-corrected chi connectivity index (χ4v) is 11.7. The highest BCUT2D eigenvalue weighted by Gasteiger charge is 2.20. The van der Waals surface area contributed by atoms with Gasteiger partial charge in [0.2, 0.25) is 0 Å². The lowest BCUT2D eigenvalue weighted by atomic mass is 9.95. The van der Waals surface area contributed by atoms with Gasteiger partial charge < -0.3 is 13.9 Å². The lowest BCUT2D eigenvalue weighted by molar-refractivity contribution is 0.673. The van der Waals surface area contributed by atoms with Gasteiger partial charge in [0.25, 0.3) is 0 Å². The van der Waals surface area contributed by atoms with E-state index in [4.69, 9.17) is 4.42 Å². The number of hydrogen-bond donors (Lipinski definition) is 0. The van der Waals surface area contributed by atoms with Crippen LogP contribution in [-0.2, 0) is 0 Å². The highest BCUT2D eigenvalue weighted by molar-refractivity contribution is 6.16. The standard InChI is InChI=1S/C72H46N2O/c1-3-19-60-49(13-1)27-28-51-29-30-55(45-67(51)60)53-16-11-15-52(43-53)47-31-37-57(38-32-47)73(68-24-8-5-20-61(68)56-36-41-65-66-42-35-50-14-2-4-21-62(50)72(66)75-71(65)46-56)58-39-33-48(34-40-58)54-17-12-18-59(44-54)74-69-25-9-6-22-63(69)64-23-7-10-26-70(64)74/h1-46H. The predicted octanol–water partition coefficient (Wildman–Crippen LogP) is 20.3. The molecule has 0 aliphatic rings. The second-order valence-corrected chi connectivity index (χ2v) is 19.6. The third kappa shape index (κ3) is 7.20. The number of aromatic nitrogens is 1. The second kappa shape index (κ2) is 17.4. The van der Waals surface area contributed by atoms with Gasteiger partial charge in [0.05, 0.1) is 16.7 Å². The molecule has 3 heteroatoms. The Labute approximate surface area is 434 Å². The quantitative estimate of drug-likeness (QED) is 0.142. The first kappa shape index (κ1) is 42.7. The molecule has 15 rings (SSSR count). The number of furan rings is 1. The van der Waals surface area contributed by atoms with Gasteiger partial charge in [0.15, 0.2) is 0 Å². The van der Waals surface area contributed by atoms with Crippen molar-refractivity contribution in [1.29, 1.82) is 0 Å². The van der Waals surface area contributed by atoms with Gasteiger partial charge in [0, 0.05) is 49.6 Å². The van der Waals surface area contributed by atoms with Crippen LogP contribution in [0, 0.1) is 0 Å². The minimum Gasteiger partial charge on any atom is -0.455 e. The molecule has 75 heavy (non-hydrogen) atoms. The third-order valence-electron chi connectivity index (χ3n) is 15.4. The van der Waals surface area contributed by atoms with E-state index in [-0.39, 0.29) is 0 Å². The Balaban J connectivity index is 0.827. The molecule has 2 heterocycles. The van der Waals surface area contributed by atoms with E-state index in [0.717, 1.165) is 77.9 Å². The summed E-state index contributed by atoms with van der Waals surface area (Å²) in [6, 6.07) is 102. The van der Waals surface area contributed by atoms with E-state index in [0.29, 0.717) is 0 Å². The monoisotopic (exact) mass is 954 g/mol. The zero-order chi connectivity index (χ0) is 49.4. The van der Waals surface area contributed by atoms with Crippen LogP contribution in [0.15, 0.2) is 283 Å². The number of para-hydroxylation sites is 3. The molecule has 0 radical (unpaired) electrons. The molecule has 0 bridgehead atoms. The van der Waals surface area contributed by atoms with Gasteiger partial charge in [-0.2, -0.15) is 0 Å². The Bertz CT molecular complexity index is 4660. The number of benzene rings is 13. The lowest BCUT2D eigenvalue weighted by Gasteiger charge is -2.28. The first-order chi connectivity index (χ1) is 37.2. The largest absolute Gasteiger partial charge is 0.455 e. The Morgan fingerprint density at radius 3 is 1.49 bits per heavy atom. The van der Waals surface area contributed by atoms with Crippen LogP contribution in [0.3, 0.4) is 0 Å². The zero-order valence-electron chi connectivity index (χ0n) is 40.9. The molecule has 0 saturated carbocycles. The van der Waals surface area contributed by atoms with E-state index in [1.165, 1.54) is 65.4 Å². The lowest BCUT2D eigenvalue weighted by Crippen LogP contribution is -2.11. The van der Waals surface area contributed by atoms with Crippen molar-refractivity contribution in [2.24, 2.45) is 0 Å². The molecule has 0 amide bonds. The summed E-state index contributed by atoms with van der Waals surface area (Å²) < 4.78 is 9.13. The summed E-state index contributed by atoms with van der Waals surface area (Å²) >= 11 is 0. The maximum Gasteiger partial charge on any atom is 0.143 e. The van der Waals surface area contributed by atoms with Gasteiger partial charge in [-0.25, -0.2) is 0 Å². The summed E-state index contributed by atoms with van der Waals surface area (Å²) in [5, 5.41) is 12.1. The number of nitrogens with zero attached hydrogens (tertiary/aromatic N) is 2. The van der Waals surface area contributed by atoms with E-state index in [1.807, 2.05) is 0 Å². The summed E-state index contributed by atoms with van der Waals surface area (Å²) in [6.07, 6.45) is 0. The molecule has 0 spiro atoms. The van der Waals surface area contributed by atoms with Crippen molar-refractivity contribution in [1.82, 2.24) is 4.57 Å². The molecule has 0 N–H and O–H groups in total. The van der Waals surface area contributed by atoms with E-state index < -0.39 is 0 Å². The average molecular weight is 955 g/mol. The van der Waals surface area contributed by atoms with Crippen molar-refractivity contribution >= 4 is 93.1 Å². The molecule has 0 atom stereocenters. The van der Waals surface area contributed by atoms with Gasteiger partial charge in [-0.05, 0) is 151 Å². The molecule has 0 unspecified atom stereocenters. The van der Waals surface area contributed by atoms with Gasteiger partial charge >= 0.3 is 0 Å². The molecule has 3 nitrogen and oxygen atoms in total. The van der Waals surface area contributed by atoms with Crippen LogP contribution >= 0.6 is 0 Å².